The maximum atomic E-state index is 4.56. The van der Waals surface area contributed by atoms with Gasteiger partial charge in [0.25, 0.3) is 0 Å². The first kappa shape index (κ1) is 7.02. The predicted molar refractivity (Wildman–Crippen MR) is 47.4 cm³/mol. The lowest BCUT2D eigenvalue weighted by molar-refractivity contribution is 0.256. The number of hydrogen-bond donors (Lipinski definition) is 1. The molecule has 2 saturated carbocycles. The standard InChI is InChI=1S/C9H16S/c1-6-7-2-3-8(6)5-9(10)4-7/h6-10H,2-5H2,1H3. The van der Waals surface area contributed by atoms with E-state index in [9.17, 15) is 0 Å². The molecule has 0 amide bonds. The van der Waals surface area contributed by atoms with Crippen molar-refractivity contribution in [3.8, 4) is 0 Å². The Kier molecular flexibility index (Phi) is 1.71. The average Bonchev–Trinajstić information content (AvgIpc) is 2.20. The molecule has 0 aromatic heterocycles. The molecule has 0 spiro atoms. The summed E-state index contributed by atoms with van der Waals surface area (Å²) < 4.78 is 0. The Morgan fingerprint density at radius 2 is 1.60 bits per heavy atom. The van der Waals surface area contributed by atoms with Crippen molar-refractivity contribution in [2.45, 2.75) is 37.9 Å². The number of hydrogen-bond acceptors (Lipinski definition) is 1. The van der Waals surface area contributed by atoms with Crippen molar-refractivity contribution in [1.82, 2.24) is 0 Å². The summed E-state index contributed by atoms with van der Waals surface area (Å²) in [6.07, 6.45) is 5.76. The van der Waals surface area contributed by atoms with Gasteiger partial charge in [0.2, 0.25) is 0 Å². The van der Waals surface area contributed by atoms with Crippen LogP contribution in [0.5, 0.6) is 0 Å². The summed E-state index contributed by atoms with van der Waals surface area (Å²) in [5, 5.41) is 0.730. The highest BCUT2D eigenvalue weighted by molar-refractivity contribution is 7.80. The SMILES string of the molecule is CC1C2CCC1CC(S)C2. The van der Waals surface area contributed by atoms with E-state index in [2.05, 4.69) is 19.6 Å². The van der Waals surface area contributed by atoms with Crippen LogP contribution in [0.3, 0.4) is 0 Å². The topological polar surface area (TPSA) is 0 Å². The zero-order chi connectivity index (χ0) is 7.14. The van der Waals surface area contributed by atoms with Crippen molar-refractivity contribution in [3.05, 3.63) is 0 Å². The molecule has 2 unspecified atom stereocenters. The fourth-order valence-corrected chi connectivity index (χ4v) is 3.34. The van der Waals surface area contributed by atoms with E-state index in [0.717, 1.165) is 23.0 Å². The van der Waals surface area contributed by atoms with Crippen LogP contribution in [0.2, 0.25) is 0 Å². The lowest BCUT2D eigenvalue weighted by atomic mass is 9.80. The molecule has 2 atom stereocenters. The number of fused-ring (bicyclic) bond motifs is 2. The first-order valence-corrected chi connectivity index (χ1v) is 4.97. The van der Waals surface area contributed by atoms with Gasteiger partial charge >= 0.3 is 0 Å². The summed E-state index contributed by atoms with van der Waals surface area (Å²) in [4.78, 5) is 0. The Labute approximate surface area is 68.8 Å². The van der Waals surface area contributed by atoms with E-state index in [1.54, 1.807) is 0 Å². The third-order valence-corrected chi connectivity index (χ3v) is 3.97. The normalized spacial score (nSPS) is 53.4. The first-order chi connectivity index (χ1) is 4.77. The summed E-state index contributed by atoms with van der Waals surface area (Å²) in [7, 11) is 0. The molecule has 10 heavy (non-hydrogen) atoms. The Morgan fingerprint density at radius 1 is 1.10 bits per heavy atom. The van der Waals surface area contributed by atoms with E-state index < -0.39 is 0 Å². The highest BCUT2D eigenvalue weighted by atomic mass is 32.1. The van der Waals surface area contributed by atoms with Gasteiger partial charge in [-0.3, -0.25) is 0 Å². The fraction of sp³-hybridized carbons (Fsp3) is 1.00. The molecule has 0 nitrogen and oxygen atoms in total. The van der Waals surface area contributed by atoms with Crippen molar-refractivity contribution in [2.75, 3.05) is 0 Å². The predicted octanol–water partition coefficient (Wildman–Crippen LogP) is 2.74. The molecule has 1 heteroatoms. The second-order valence-corrected chi connectivity index (χ2v) is 4.81. The molecule has 2 aliphatic rings. The molecule has 0 heterocycles. The fourth-order valence-electron chi connectivity index (χ4n) is 2.80. The molecule has 0 aromatic carbocycles. The van der Waals surface area contributed by atoms with E-state index in [-0.39, 0.29) is 0 Å². The molecule has 2 bridgehead atoms. The van der Waals surface area contributed by atoms with Gasteiger partial charge in [-0.15, -0.1) is 0 Å². The van der Waals surface area contributed by atoms with Crippen LogP contribution < -0.4 is 0 Å². The summed E-state index contributed by atoms with van der Waals surface area (Å²) in [5.74, 6) is 3.07. The Balaban J connectivity index is 2.09. The average molecular weight is 156 g/mol. The zero-order valence-corrected chi connectivity index (χ0v) is 7.48. The van der Waals surface area contributed by atoms with E-state index in [1.807, 2.05) is 0 Å². The minimum atomic E-state index is 0.730. The molecular formula is C9H16S. The van der Waals surface area contributed by atoms with Gasteiger partial charge in [0, 0.05) is 5.25 Å². The van der Waals surface area contributed by atoms with Crippen molar-refractivity contribution in [1.29, 1.82) is 0 Å². The molecule has 0 radical (unpaired) electrons. The minimum absolute atomic E-state index is 0.730. The van der Waals surface area contributed by atoms with E-state index >= 15 is 0 Å². The van der Waals surface area contributed by atoms with Crippen LogP contribution >= 0.6 is 12.6 Å². The van der Waals surface area contributed by atoms with Crippen molar-refractivity contribution < 1.29 is 0 Å². The van der Waals surface area contributed by atoms with Crippen LogP contribution in [-0.4, -0.2) is 5.25 Å². The zero-order valence-electron chi connectivity index (χ0n) is 6.59. The Morgan fingerprint density at radius 3 is 2.10 bits per heavy atom. The van der Waals surface area contributed by atoms with Crippen LogP contribution in [0, 0.1) is 17.8 Å². The van der Waals surface area contributed by atoms with Gasteiger partial charge in [-0.2, -0.15) is 12.6 Å². The molecule has 0 aliphatic heterocycles. The van der Waals surface area contributed by atoms with Gasteiger partial charge in [-0.05, 0) is 43.4 Å². The quantitative estimate of drug-likeness (QED) is 0.512. The second-order valence-electron chi connectivity index (χ2n) is 4.08. The lowest BCUT2D eigenvalue weighted by Crippen LogP contribution is -2.23. The van der Waals surface area contributed by atoms with Gasteiger partial charge in [0.1, 0.15) is 0 Å². The van der Waals surface area contributed by atoms with Gasteiger partial charge < -0.3 is 0 Å². The third kappa shape index (κ3) is 0.990. The second kappa shape index (κ2) is 2.44. The summed E-state index contributed by atoms with van der Waals surface area (Å²) >= 11 is 4.56. The van der Waals surface area contributed by atoms with Gasteiger partial charge in [-0.1, -0.05) is 6.92 Å². The molecule has 2 fully saturated rings. The lowest BCUT2D eigenvalue weighted by Gasteiger charge is -2.30. The van der Waals surface area contributed by atoms with Gasteiger partial charge in [-0.25, -0.2) is 0 Å². The van der Waals surface area contributed by atoms with E-state index in [1.165, 1.54) is 25.7 Å². The first-order valence-electron chi connectivity index (χ1n) is 4.45. The van der Waals surface area contributed by atoms with Crippen LogP contribution in [0.15, 0.2) is 0 Å². The van der Waals surface area contributed by atoms with Crippen LogP contribution in [-0.2, 0) is 0 Å². The highest BCUT2D eigenvalue weighted by Gasteiger charge is 2.38. The summed E-state index contributed by atoms with van der Waals surface area (Å²) in [6.45, 7) is 2.43. The maximum Gasteiger partial charge on any atom is 0.00222 e. The molecular weight excluding hydrogens is 140 g/mol. The van der Waals surface area contributed by atoms with Crippen LogP contribution in [0.1, 0.15) is 32.6 Å². The molecule has 0 aromatic rings. The smallest absolute Gasteiger partial charge is 0.00222 e. The van der Waals surface area contributed by atoms with Gasteiger partial charge in [0.15, 0.2) is 0 Å². The maximum absolute atomic E-state index is 4.56. The molecule has 0 N–H and O–H groups in total. The van der Waals surface area contributed by atoms with Crippen molar-refractivity contribution >= 4 is 12.6 Å². The van der Waals surface area contributed by atoms with Crippen LogP contribution in [0.25, 0.3) is 0 Å². The Hall–Kier alpha value is 0.350. The van der Waals surface area contributed by atoms with E-state index in [4.69, 9.17) is 0 Å². The summed E-state index contributed by atoms with van der Waals surface area (Å²) in [5.41, 5.74) is 0. The summed E-state index contributed by atoms with van der Waals surface area (Å²) in [6, 6.07) is 0. The molecule has 2 rings (SSSR count). The third-order valence-electron chi connectivity index (χ3n) is 3.55. The van der Waals surface area contributed by atoms with E-state index in [0.29, 0.717) is 0 Å². The molecule has 58 valence electrons. The minimum Gasteiger partial charge on any atom is -0.176 e. The van der Waals surface area contributed by atoms with Crippen LogP contribution in [0.4, 0.5) is 0 Å². The van der Waals surface area contributed by atoms with Crippen molar-refractivity contribution in [2.24, 2.45) is 17.8 Å². The molecule has 0 saturated heterocycles. The largest absolute Gasteiger partial charge is 0.176 e. The Bertz CT molecular complexity index is 119. The monoisotopic (exact) mass is 156 g/mol. The van der Waals surface area contributed by atoms with Gasteiger partial charge in [0.05, 0.1) is 0 Å². The highest BCUT2D eigenvalue weighted by Crippen LogP contribution is 2.47. The number of rotatable bonds is 0. The molecule has 2 aliphatic carbocycles. The number of thiol groups is 1. The van der Waals surface area contributed by atoms with Crippen molar-refractivity contribution in [3.63, 3.8) is 0 Å².